The Hall–Kier alpha value is -2.11. The summed E-state index contributed by atoms with van der Waals surface area (Å²) in [6.07, 6.45) is 6.91. The number of ether oxygens (including phenoxy) is 1. The fourth-order valence-electron chi connectivity index (χ4n) is 2.63. The van der Waals surface area contributed by atoms with Gasteiger partial charge < -0.3 is 10.1 Å². The van der Waals surface area contributed by atoms with Gasteiger partial charge in [0.05, 0.1) is 17.1 Å². The van der Waals surface area contributed by atoms with Crippen molar-refractivity contribution in [3.63, 3.8) is 0 Å². The molecule has 6 heteroatoms. The summed E-state index contributed by atoms with van der Waals surface area (Å²) in [6, 6.07) is 0. The van der Waals surface area contributed by atoms with Crippen LogP contribution >= 0.6 is 0 Å². The highest BCUT2D eigenvalue weighted by molar-refractivity contribution is 5.94. The van der Waals surface area contributed by atoms with Crippen LogP contribution in [0.4, 0.5) is 5.69 Å². The van der Waals surface area contributed by atoms with Crippen LogP contribution in [0.25, 0.3) is 0 Å². The average Bonchev–Trinajstić information content (AvgIpc) is 2.73. The van der Waals surface area contributed by atoms with Crippen molar-refractivity contribution in [3.8, 4) is 0 Å². The van der Waals surface area contributed by atoms with Gasteiger partial charge in [-0.3, -0.25) is 9.48 Å². The lowest BCUT2D eigenvalue weighted by Crippen LogP contribution is -2.21. The molecule has 1 heterocycles. The maximum Gasteiger partial charge on any atom is 0.331 e. The molecule has 1 aliphatic carbocycles. The largest absolute Gasteiger partial charge is 0.452 e. The van der Waals surface area contributed by atoms with Crippen LogP contribution in [-0.4, -0.2) is 28.3 Å². The minimum Gasteiger partial charge on any atom is -0.452 e. The Morgan fingerprint density at radius 1 is 1.27 bits per heavy atom. The minimum absolute atomic E-state index is 0.281. The number of hydrogen-bond acceptors (Lipinski definition) is 4. The van der Waals surface area contributed by atoms with Crippen molar-refractivity contribution in [2.45, 2.75) is 46.0 Å². The molecule has 6 nitrogen and oxygen atoms in total. The zero-order chi connectivity index (χ0) is 16.1. The van der Waals surface area contributed by atoms with Crippen LogP contribution in [-0.2, 0) is 21.4 Å². The summed E-state index contributed by atoms with van der Waals surface area (Å²) in [5, 5.41) is 6.96. The number of allylic oxidation sites excluding steroid dienone is 1. The van der Waals surface area contributed by atoms with E-state index in [4.69, 9.17) is 4.74 Å². The number of esters is 1. The first-order valence-corrected chi connectivity index (χ1v) is 7.63. The topological polar surface area (TPSA) is 73.2 Å². The first kappa shape index (κ1) is 16.3. The van der Waals surface area contributed by atoms with Crippen LogP contribution in [0.1, 0.15) is 43.5 Å². The van der Waals surface area contributed by atoms with E-state index in [1.54, 1.807) is 4.68 Å². The molecule has 1 N–H and O–H groups in total. The van der Waals surface area contributed by atoms with Crippen LogP contribution in [0.15, 0.2) is 11.6 Å². The Morgan fingerprint density at radius 3 is 2.55 bits per heavy atom. The second kappa shape index (κ2) is 7.24. The van der Waals surface area contributed by atoms with Gasteiger partial charge in [0.25, 0.3) is 5.91 Å². The van der Waals surface area contributed by atoms with Gasteiger partial charge in [0.2, 0.25) is 0 Å². The maximum atomic E-state index is 11.9. The Morgan fingerprint density at radius 2 is 1.95 bits per heavy atom. The molecule has 0 radical (unpaired) electrons. The summed E-state index contributed by atoms with van der Waals surface area (Å²) >= 11 is 0. The van der Waals surface area contributed by atoms with Crippen molar-refractivity contribution in [2.24, 2.45) is 7.05 Å². The van der Waals surface area contributed by atoms with Gasteiger partial charge in [0, 0.05) is 13.1 Å². The molecule has 1 aliphatic rings. The molecule has 0 atom stereocenters. The highest BCUT2D eigenvalue weighted by Gasteiger charge is 2.14. The van der Waals surface area contributed by atoms with Crippen molar-refractivity contribution in [2.75, 3.05) is 11.9 Å². The minimum atomic E-state index is -0.438. The Bertz CT molecular complexity index is 594. The SMILES string of the molecule is Cc1nn(C)c(C)c1NC(=O)COC(=O)C=C1CCCCC1. The van der Waals surface area contributed by atoms with E-state index in [1.807, 2.05) is 20.9 Å². The number of anilines is 1. The summed E-state index contributed by atoms with van der Waals surface area (Å²) in [7, 11) is 1.81. The zero-order valence-corrected chi connectivity index (χ0v) is 13.4. The van der Waals surface area contributed by atoms with Crippen molar-refractivity contribution in [1.82, 2.24) is 9.78 Å². The van der Waals surface area contributed by atoms with Crippen molar-refractivity contribution in [3.05, 3.63) is 23.0 Å². The van der Waals surface area contributed by atoms with E-state index in [1.165, 1.54) is 12.5 Å². The van der Waals surface area contributed by atoms with E-state index in [9.17, 15) is 9.59 Å². The summed E-state index contributed by atoms with van der Waals surface area (Å²) in [4.78, 5) is 23.6. The summed E-state index contributed by atoms with van der Waals surface area (Å²) in [5.74, 6) is -0.790. The highest BCUT2D eigenvalue weighted by Crippen LogP contribution is 2.22. The van der Waals surface area contributed by atoms with E-state index in [2.05, 4.69) is 10.4 Å². The number of hydrogen-bond donors (Lipinski definition) is 1. The third kappa shape index (κ3) is 4.19. The number of amides is 1. The van der Waals surface area contributed by atoms with Gasteiger partial charge in [-0.2, -0.15) is 5.10 Å². The second-order valence-electron chi connectivity index (χ2n) is 5.69. The molecule has 1 fully saturated rings. The average molecular weight is 305 g/mol. The number of nitrogens with zero attached hydrogens (tertiary/aromatic N) is 2. The predicted octanol–water partition coefficient (Wildman–Crippen LogP) is 2.41. The Balaban J connectivity index is 1.83. The summed E-state index contributed by atoms with van der Waals surface area (Å²) < 4.78 is 6.71. The van der Waals surface area contributed by atoms with Gasteiger partial charge in [-0.1, -0.05) is 12.0 Å². The molecule has 120 valence electrons. The summed E-state index contributed by atoms with van der Waals surface area (Å²) in [6.45, 7) is 3.41. The molecule has 1 amide bonds. The van der Waals surface area contributed by atoms with Gasteiger partial charge in [-0.25, -0.2) is 4.79 Å². The number of carbonyl (C=O) groups is 2. The van der Waals surface area contributed by atoms with Crippen molar-refractivity contribution in [1.29, 1.82) is 0 Å². The molecule has 0 aliphatic heterocycles. The fraction of sp³-hybridized carbons (Fsp3) is 0.562. The molecule has 1 saturated carbocycles. The van der Waals surface area contributed by atoms with Crippen molar-refractivity contribution < 1.29 is 14.3 Å². The molecule has 1 aromatic rings. The number of nitrogens with one attached hydrogen (secondary N) is 1. The van der Waals surface area contributed by atoms with E-state index in [0.29, 0.717) is 5.69 Å². The van der Waals surface area contributed by atoms with Crippen LogP contribution < -0.4 is 5.32 Å². The molecule has 0 aromatic carbocycles. The molecule has 2 rings (SSSR count). The standard InChI is InChI=1S/C16H23N3O3/c1-11-16(12(2)19(3)18-11)17-14(20)10-22-15(21)9-13-7-5-4-6-8-13/h9H,4-8,10H2,1-3H3,(H,17,20). The molecule has 1 aromatic heterocycles. The monoisotopic (exact) mass is 305 g/mol. The predicted molar refractivity (Wildman–Crippen MR) is 83.4 cm³/mol. The van der Waals surface area contributed by atoms with E-state index < -0.39 is 5.97 Å². The van der Waals surface area contributed by atoms with Gasteiger partial charge in [0.1, 0.15) is 0 Å². The van der Waals surface area contributed by atoms with Crippen molar-refractivity contribution >= 4 is 17.6 Å². The van der Waals surface area contributed by atoms with Gasteiger partial charge in [0.15, 0.2) is 6.61 Å². The quantitative estimate of drug-likeness (QED) is 0.685. The fourth-order valence-corrected chi connectivity index (χ4v) is 2.63. The smallest absolute Gasteiger partial charge is 0.331 e. The highest BCUT2D eigenvalue weighted by atomic mass is 16.5. The Labute approximate surface area is 130 Å². The lowest BCUT2D eigenvalue weighted by molar-refractivity contribution is -0.142. The van der Waals surface area contributed by atoms with Gasteiger partial charge >= 0.3 is 5.97 Å². The zero-order valence-electron chi connectivity index (χ0n) is 13.4. The molecule has 0 bridgehead atoms. The van der Waals surface area contributed by atoms with E-state index in [-0.39, 0.29) is 12.5 Å². The van der Waals surface area contributed by atoms with E-state index in [0.717, 1.165) is 42.6 Å². The number of rotatable bonds is 4. The molecular formula is C16H23N3O3. The van der Waals surface area contributed by atoms with Crippen LogP contribution in [0.3, 0.4) is 0 Å². The third-order valence-electron chi connectivity index (χ3n) is 3.94. The van der Waals surface area contributed by atoms with Crippen LogP contribution in [0.5, 0.6) is 0 Å². The lowest BCUT2D eigenvalue weighted by atomic mass is 9.95. The number of aromatic nitrogens is 2. The first-order chi connectivity index (χ1) is 10.5. The molecule has 0 unspecified atom stereocenters. The third-order valence-corrected chi connectivity index (χ3v) is 3.94. The maximum absolute atomic E-state index is 11.9. The van der Waals surface area contributed by atoms with E-state index >= 15 is 0 Å². The molecule has 0 saturated heterocycles. The van der Waals surface area contributed by atoms with Crippen LogP contribution in [0.2, 0.25) is 0 Å². The lowest BCUT2D eigenvalue weighted by Gasteiger charge is -2.12. The normalized spacial score (nSPS) is 14.6. The Kier molecular flexibility index (Phi) is 5.35. The number of carbonyl (C=O) groups excluding carboxylic acids is 2. The first-order valence-electron chi connectivity index (χ1n) is 7.63. The molecule has 0 spiro atoms. The number of aryl methyl sites for hydroxylation is 2. The second-order valence-corrected chi connectivity index (χ2v) is 5.69. The summed E-state index contributed by atoms with van der Waals surface area (Å²) in [5.41, 5.74) is 3.40. The van der Waals surface area contributed by atoms with Gasteiger partial charge in [-0.05, 0) is 39.5 Å². The van der Waals surface area contributed by atoms with Crippen LogP contribution in [0, 0.1) is 13.8 Å². The molecular weight excluding hydrogens is 282 g/mol. The molecule has 22 heavy (non-hydrogen) atoms. The van der Waals surface area contributed by atoms with Gasteiger partial charge in [-0.15, -0.1) is 0 Å².